The molecule has 3 rings (SSSR count). The molecule has 1 aliphatic rings. The van der Waals surface area contributed by atoms with Crippen molar-refractivity contribution < 1.29 is 33.3 Å². The average Bonchev–Trinajstić information content (AvgIpc) is 3.01. The van der Waals surface area contributed by atoms with Crippen LogP contribution < -0.4 is 0 Å². The molecule has 1 saturated heterocycles. The van der Waals surface area contributed by atoms with Gasteiger partial charge in [0.15, 0.2) is 17.2 Å². The number of carbonyl (C=O) groups is 3. The van der Waals surface area contributed by atoms with Crippen molar-refractivity contribution >= 4 is 33.8 Å². The SMILES string of the molecule is CC(=O)O[C@@H]1[C@H](OC(=O)c2ccccc2)[C@@H](COC(=O)c2ccccc2)O[C@@H]1Br. The Balaban J connectivity index is 1.72. The van der Waals surface area contributed by atoms with Gasteiger partial charge in [-0.15, -0.1) is 0 Å². The summed E-state index contributed by atoms with van der Waals surface area (Å²) >= 11 is 3.28. The zero-order valence-corrected chi connectivity index (χ0v) is 17.1. The summed E-state index contributed by atoms with van der Waals surface area (Å²) in [5.74, 6) is -1.69. The normalized spacial score (nSPS) is 23.2. The lowest BCUT2D eigenvalue weighted by molar-refractivity contribution is -0.151. The molecule has 4 atom stereocenters. The zero-order valence-electron chi connectivity index (χ0n) is 15.5. The molecule has 0 amide bonds. The second-order valence-electron chi connectivity index (χ2n) is 6.30. The van der Waals surface area contributed by atoms with Gasteiger partial charge in [0.1, 0.15) is 12.7 Å². The van der Waals surface area contributed by atoms with E-state index in [0.717, 1.165) is 0 Å². The van der Waals surface area contributed by atoms with Crippen LogP contribution in [0.3, 0.4) is 0 Å². The predicted molar refractivity (Wildman–Crippen MR) is 106 cm³/mol. The van der Waals surface area contributed by atoms with Crippen molar-refractivity contribution in [2.24, 2.45) is 0 Å². The van der Waals surface area contributed by atoms with E-state index in [4.69, 9.17) is 18.9 Å². The van der Waals surface area contributed by atoms with Crippen LogP contribution in [-0.2, 0) is 23.7 Å². The highest BCUT2D eigenvalue weighted by molar-refractivity contribution is 9.09. The first-order valence-electron chi connectivity index (χ1n) is 8.90. The first-order chi connectivity index (χ1) is 14.0. The van der Waals surface area contributed by atoms with Gasteiger partial charge in [0.05, 0.1) is 11.1 Å². The second-order valence-corrected chi connectivity index (χ2v) is 7.20. The third-order valence-corrected chi connectivity index (χ3v) is 4.93. The van der Waals surface area contributed by atoms with Gasteiger partial charge >= 0.3 is 17.9 Å². The molecular formula is C21H19BrO7. The number of alkyl halides is 1. The number of carbonyl (C=O) groups excluding carboxylic acids is 3. The molecule has 7 nitrogen and oxygen atoms in total. The highest BCUT2D eigenvalue weighted by Gasteiger charge is 2.49. The van der Waals surface area contributed by atoms with E-state index in [9.17, 15) is 14.4 Å². The molecule has 0 saturated carbocycles. The molecule has 0 radical (unpaired) electrons. The van der Waals surface area contributed by atoms with E-state index >= 15 is 0 Å². The summed E-state index contributed by atoms with van der Waals surface area (Å²) in [4.78, 5) is 36.2. The summed E-state index contributed by atoms with van der Waals surface area (Å²) in [7, 11) is 0. The molecule has 0 N–H and O–H groups in total. The van der Waals surface area contributed by atoms with Gasteiger partial charge in [-0.05, 0) is 24.3 Å². The molecule has 0 unspecified atom stereocenters. The number of esters is 3. The number of hydrogen-bond donors (Lipinski definition) is 0. The second kappa shape index (κ2) is 9.67. The maximum absolute atomic E-state index is 12.5. The van der Waals surface area contributed by atoms with Gasteiger partial charge in [0.2, 0.25) is 0 Å². The third-order valence-electron chi connectivity index (χ3n) is 4.20. The van der Waals surface area contributed by atoms with Gasteiger partial charge in [0.25, 0.3) is 0 Å². The van der Waals surface area contributed by atoms with Crippen LogP contribution in [0, 0.1) is 0 Å². The summed E-state index contributed by atoms with van der Waals surface area (Å²) in [6, 6.07) is 16.9. The minimum absolute atomic E-state index is 0.180. The fraction of sp³-hybridized carbons (Fsp3) is 0.286. The van der Waals surface area contributed by atoms with Crippen LogP contribution in [0.15, 0.2) is 60.7 Å². The lowest BCUT2D eigenvalue weighted by atomic mass is 10.1. The Hall–Kier alpha value is -2.71. The Morgan fingerprint density at radius 3 is 1.97 bits per heavy atom. The molecule has 1 aliphatic heterocycles. The smallest absolute Gasteiger partial charge is 0.338 e. The van der Waals surface area contributed by atoms with Crippen molar-refractivity contribution in [3.63, 3.8) is 0 Å². The highest BCUT2D eigenvalue weighted by atomic mass is 79.9. The number of ether oxygens (including phenoxy) is 4. The van der Waals surface area contributed by atoms with Crippen molar-refractivity contribution in [3.8, 4) is 0 Å². The Bertz CT molecular complexity index is 856. The molecule has 2 aromatic carbocycles. The number of halogens is 1. The molecule has 2 aromatic rings. The Morgan fingerprint density at radius 1 is 0.862 bits per heavy atom. The lowest BCUT2D eigenvalue weighted by Gasteiger charge is -2.23. The summed E-state index contributed by atoms with van der Waals surface area (Å²) < 4.78 is 21.8. The molecule has 0 bridgehead atoms. The average molecular weight is 463 g/mol. The van der Waals surface area contributed by atoms with Crippen LogP contribution in [0.2, 0.25) is 0 Å². The molecule has 29 heavy (non-hydrogen) atoms. The summed E-state index contributed by atoms with van der Waals surface area (Å²) in [6.45, 7) is 1.07. The highest BCUT2D eigenvalue weighted by Crippen LogP contribution is 2.31. The quantitative estimate of drug-likeness (QED) is 0.370. The largest absolute Gasteiger partial charge is 0.459 e. The van der Waals surface area contributed by atoms with Crippen molar-refractivity contribution in [3.05, 3.63) is 71.8 Å². The van der Waals surface area contributed by atoms with E-state index in [2.05, 4.69) is 15.9 Å². The van der Waals surface area contributed by atoms with Gasteiger partial charge in [-0.3, -0.25) is 4.79 Å². The zero-order chi connectivity index (χ0) is 20.8. The van der Waals surface area contributed by atoms with E-state index in [-0.39, 0.29) is 6.61 Å². The standard InChI is InChI=1S/C21H19BrO7/c1-13(23)27-18-17(29-21(25)15-10-6-3-7-11-15)16(28-19(18)22)12-26-20(24)14-8-4-2-5-9-14/h2-11,16-19H,12H2,1H3/t16-,17-,18-,19+/m1/s1. The van der Waals surface area contributed by atoms with Gasteiger partial charge in [-0.1, -0.05) is 52.3 Å². The van der Waals surface area contributed by atoms with Crippen LogP contribution in [0.4, 0.5) is 0 Å². The molecule has 152 valence electrons. The van der Waals surface area contributed by atoms with Crippen molar-refractivity contribution in [2.75, 3.05) is 6.61 Å². The minimum atomic E-state index is -0.959. The van der Waals surface area contributed by atoms with E-state index < -0.39 is 41.2 Å². The van der Waals surface area contributed by atoms with Gasteiger partial charge < -0.3 is 18.9 Å². The Morgan fingerprint density at radius 2 is 1.41 bits per heavy atom. The summed E-state index contributed by atoms with van der Waals surface area (Å²) in [5, 5.41) is -0.722. The molecule has 0 spiro atoms. The van der Waals surface area contributed by atoms with E-state index in [1.807, 2.05) is 0 Å². The van der Waals surface area contributed by atoms with Gasteiger partial charge in [-0.25, -0.2) is 9.59 Å². The third kappa shape index (κ3) is 5.42. The summed E-state index contributed by atoms with van der Waals surface area (Å²) in [6.07, 6.45) is -2.66. The van der Waals surface area contributed by atoms with Gasteiger partial charge in [-0.2, -0.15) is 0 Å². The molecule has 0 aromatic heterocycles. The number of hydrogen-bond acceptors (Lipinski definition) is 7. The van der Waals surface area contributed by atoms with Crippen molar-refractivity contribution in [1.82, 2.24) is 0 Å². The monoisotopic (exact) mass is 462 g/mol. The van der Waals surface area contributed by atoms with Crippen LogP contribution in [-0.4, -0.2) is 47.8 Å². The lowest BCUT2D eigenvalue weighted by Crippen LogP contribution is -2.40. The van der Waals surface area contributed by atoms with Crippen molar-refractivity contribution in [2.45, 2.75) is 30.2 Å². The van der Waals surface area contributed by atoms with E-state index in [1.54, 1.807) is 60.7 Å². The van der Waals surface area contributed by atoms with Crippen LogP contribution in [0.25, 0.3) is 0 Å². The number of rotatable bonds is 6. The molecule has 8 heteroatoms. The number of benzene rings is 2. The minimum Gasteiger partial charge on any atom is -0.459 e. The first-order valence-corrected chi connectivity index (χ1v) is 9.82. The molecular weight excluding hydrogens is 444 g/mol. The fourth-order valence-corrected chi connectivity index (χ4v) is 3.54. The van der Waals surface area contributed by atoms with Crippen molar-refractivity contribution in [1.29, 1.82) is 0 Å². The summed E-state index contributed by atoms with van der Waals surface area (Å²) in [5.41, 5.74) is 0.724. The Kier molecular flexibility index (Phi) is 7.00. The first kappa shape index (κ1) is 21.0. The molecule has 1 heterocycles. The fourth-order valence-electron chi connectivity index (χ4n) is 2.85. The predicted octanol–water partition coefficient (Wildman–Crippen LogP) is 3.12. The molecule has 1 fully saturated rings. The van der Waals surface area contributed by atoms with Crippen LogP contribution in [0.5, 0.6) is 0 Å². The Labute approximate surface area is 176 Å². The van der Waals surface area contributed by atoms with E-state index in [0.29, 0.717) is 11.1 Å². The maximum Gasteiger partial charge on any atom is 0.338 e. The topological polar surface area (TPSA) is 88.1 Å². The van der Waals surface area contributed by atoms with Gasteiger partial charge in [0, 0.05) is 6.92 Å². The van der Waals surface area contributed by atoms with Crippen LogP contribution >= 0.6 is 15.9 Å². The maximum atomic E-state index is 12.5. The van der Waals surface area contributed by atoms with Crippen LogP contribution in [0.1, 0.15) is 27.6 Å². The molecule has 0 aliphatic carbocycles. The van der Waals surface area contributed by atoms with E-state index in [1.165, 1.54) is 6.92 Å².